The number of nitrogens with zero attached hydrogens (tertiary/aromatic N) is 2. The van der Waals surface area contributed by atoms with E-state index in [2.05, 4.69) is 15.9 Å². The van der Waals surface area contributed by atoms with Crippen molar-refractivity contribution >= 4 is 5.69 Å². The predicted molar refractivity (Wildman–Crippen MR) is 126 cm³/mol. The molecule has 1 atom stereocenters. The van der Waals surface area contributed by atoms with Gasteiger partial charge in [-0.2, -0.15) is 0 Å². The van der Waals surface area contributed by atoms with Gasteiger partial charge in [-0.1, -0.05) is 30.3 Å². The van der Waals surface area contributed by atoms with Crippen LogP contribution in [0.15, 0.2) is 78.9 Å². The topological polar surface area (TPSA) is 54.4 Å². The molecule has 0 spiro atoms. The molecule has 1 aliphatic rings. The van der Waals surface area contributed by atoms with Gasteiger partial charge in [0.1, 0.15) is 35.7 Å². The highest BCUT2D eigenvalue weighted by molar-refractivity contribution is 5.58. The van der Waals surface area contributed by atoms with E-state index in [4.69, 9.17) is 14.2 Å². The SMILES string of the molecule is COc1ccccc1N1CCN(CC(O)COc2ccc(Oc3ccccc3)cc2)CC1. The Morgan fingerprint density at radius 3 is 2.12 bits per heavy atom. The molecule has 1 aliphatic heterocycles. The summed E-state index contributed by atoms with van der Waals surface area (Å²) in [5, 5.41) is 10.5. The maximum absolute atomic E-state index is 10.5. The third-order valence-corrected chi connectivity index (χ3v) is 5.51. The summed E-state index contributed by atoms with van der Waals surface area (Å²) >= 11 is 0. The fourth-order valence-electron chi connectivity index (χ4n) is 3.83. The first-order valence-corrected chi connectivity index (χ1v) is 11.0. The molecule has 4 rings (SSSR count). The second-order valence-electron chi connectivity index (χ2n) is 7.81. The van der Waals surface area contributed by atoms with Crippen LogP contribution < -0.4 is 19.1 Å². The van der Waals surface area contributed by atoms with Crippen molar-refractivity contribution in [1.29, 1.82) is 0 Å². The number of hydrogen-bond donors (Lipinski definition) is 1. The zero-order valence-corrected chi connectivity index (χ0v) is 18.4. The van der Waals surface area contributed by atoms with Crippen molar-refractivity contribution < 1.29 is 19.3 Å². The molecule has 0 radical (unpaired) electrons. The van der Waals surface area contributed by atoms with Crippen LogP contribution in [0.3, 0.4) is 0 Å². The molecule has 0 aromatic heterocycles. The van der Waals surface area contributed by atoms with E-state index < -0.39 is 6.10 Å². The number of anilines is 1. The maximum atomic E-state index is 10.5. The number of hydrogen-bond acceptors (Lipinski definition) is 6. The summed E-state index contributed by atoms with van der Waals surface area (Å²) in [6, 6.07) is 25.2. The van der Waals surface area contributed by atoms with Gasteiger partial charge < -0.3 is 24.2 Å². The molecule has 0 amide bonds. The van der Waals surface area contributed by atoms with Crippen molar-refractivity contribution in [3.8, 4) is 23.0 Å². The fraction of sp³-hybridized carbons (Fsp3) is 0.308. The van der Waals surface area contributed by atoms with E-state index in [1.165, 1.54) is 0 Å². The lowest BCUT2D eigenvalue weighted by molar-refractivity contribution is 0.0662. The average molecular weight is 435 g/mol. The van der Waals surface area contributed by atoms with Crippen molar-refractivity contribution in [2.45, 2.75) is 6.10 Å². The number of aliphatic hydroxyl groups excluding tert-OH is 1. The smallest absolute Gasteiger partial charge is 0.142 e. The highest BCUT2D eigenvalue weighted by Crippen LogP contribution is 2.28. The Kier molecular flexibility index (Phi) is 7.48. The summed E-state index contributed by atoms with van der Waals surface area (Å²) in [7, 11) is 1.70. The van der Waals surface area contributed by atoms with Crippen LogP contribution >= 0.6 is 0 Å². The quantitative estimate of drug-likeness (QED) is 0.548. The van der Waals surface area contributed by atoms with Gasteiger partial charge in [0.25, 0.3) is 0 Å². The minimum Gasteiger partial charge on any atom is -0.495 e. The van der Waals surface area contributed by atoms with Gasteiger partial charge in [0.05, 0.1) is 12.8 Å². The highest BCUT2D eigenvalue weighted by Gasteiger charge is 2.21. The molecular formula is C26H30N2O4. The van der Waals surface area contributed by atoms with Crippen LogP contribution in [0.5, 0.6) is 23.0 Å². The lowest BCUT2D eigenvalue weighted by Crippen LogP contribution is -2.49. The van der Waals surface area contributed by atoms with Crippen LogP contribution in [0.25, 0.3) is 0 Å². The summed E-state index contributed by atoms with van der Waals surface area (Å²) in [6.07, 6.45) is -0.548. The molecule has 1 fully saturated rings. The predicted octanol–water partition coefficient (Wildman–Crippen LogP) is 4.05. The van der Waals surface area contributed by atoms with Crippen LogP contribution in [0, 0.1) is 0 Å². The molecule has 3 aromatic rings. The first-order valence-electron chi connectivity index (χ1n) is 11.0. The largest absolute Gasteiger partial charge is 0.495 e. The molecule has 168 valence electrons. The zero-order valence-electron chi connectivity index (χ0n) is 18.4. The Labute approximate surface area is 189 Å². The summed E-state index contributed by atoms with van der Waals surface area (Å²) in [6.45, 7) is 4.43. The lowest BCUT2D eigenvalue weighted by Gasteiger charge is -2.37. The molecule has 0 saturated carbocycles. The number of methoxy groups -OCH3 is 1. The van der Waals surface area contributed by atoms with Gasteiger partial charge in [-0.3, -0.25) is 4.90 Å². The van der Waals surface area contributed by atoms with Crippen molar-refractivity contribution in [3.05, 3.63) is 78.9 Å². The number of benzene rings is 3. The number of ether oxygens (including phenoxy) is 3. The molecule has 1 unspecified atom stereocenters. The lowest BCUT2D eigenvalue weighted by atomic mass is 10.2. The van der Waals surface area contributed by atoms with Crippen LogP contribution in [0.4, 0.5) is 5.69 Å². The van der Waals surface area contributed by atoms with Crippen LogP contribution in [-0.4, -0.2) is 62.6 Å². The van der Waals surface area contributed by atoms with E-state index in [1.807, 2.05) is 72.8 Å². The summed E-state index contributed by atoms with van der Waals surface area (Å²) < 4.78 is 17.0. The molecule has 6 nitrogen and oxygen atoms in total. The normalized spacial score (nSPS) is 15.2. The van der Waals surface area contributed by atoms with E-state index in [0.717, 1.165) is 49.1 Å². The van der Waals surface area contributed by atoms with Crippen molar-refractivity contribution in [1.82, 2.24) is 4.90 Å². The fourth-order valence-corrected chi connectivity index (χ4v) is 3.83. The molecule has 0 aliphatic carbocycles. The Balaban J connectivity index is 1.20. The molecule has 6 heteroatoms. The van der Waals surface area contributed by atoms with Gasteiger partial charge >= 0.3 is 0 Å². The Morgan fingerprint density at radius 2 is 1.41 bits per heavy atom. The third-order valence-electron chi connectivity index (χ3n) is 5.51. The zero-order chi connectivity index (χ0) is 22.2. The van der Waals surface area contributed by atoms with E-state index >= 15 is 0 Å². The molecule has 1 saturated heterocycles. The Bertz CT molecular complexity index is 957. The van der Waals surface area contributed by atoms with Crippen molar-refractivity contribution in [3.63, 3.8) is 0 Å². The van der Waals surface area contributed by atoms with E-state index in [0.29, 0.717) is 12.3 Å². The molecule has 0 bridgehead atoms. The minimum atomic E-state index is -0.548. The van der Waals surface area contributed by atoms with Gasteiger partial charge in [-0.25, -0.2) is 0 Å². The van der Waals surface area contributed by atoms with Gasteiger partial charge in [-0.05, 0) is 48.5 Å². The van der Waals surface area contributed by atoms with Gasteiger partial charge in [0.15, 0.2) is 0 Å². The van der Waals surface area contributed by atoms with Crippen LogP contribution in [0.2, 0.25) is 0 Å². The van der Waals surface area contributed by atoms with Crippen molar-refractivity contribution in [2.75, 3.05) is 51.3 Å². The number of β-amino-alcohol motifs (C(OH)–C–C–N with tert-alkyl or cyclic N) is 1. The molecule has 3 aromatic carbocycles. The maximum Gasteiger partial charge on any atom is 0.142 e. The standard InChI is InChI=1S/C26H30N2O4/c1-30-26-10-6-5-9-25(26)28-17-15-27(16-18-28)19-21(29)20-31-22-11-13-24(14-12-22)32-23-7-3-2-4-8-23/h2-14,21,29H,15-20H2,1H3. The number of rotatable bonds is 9. The van der Waals surface area contributed by atoms with Crippen LogP contribution in [0.1, 0.15) is 0 Å². The molecular weight excluding hydrogens is 404 g/mol. The highest BCUT2D eigenvalue weighted by atomic mass is 16.5. The summed E-state index contributed by atoms with van der Waals surface area (Å²) in [4.78, 5) is 4.61. The Morgan fingerprint density at radius 1 is 0.781 bits per heavy atom. The van der Waals surface area contributed by atoms with E-state index in [-0.39, 0.29) is 6.61 Å². The van der Waals surface area contributed by atoms with Crippen molar-refractivity contribution in [2.24, 2.45) is 0 Å². The summed E-state index contributed by atoms with van der Waals surface area (Å²) in [5.41, 5.74) is 1.12. The first kappa shape index (κ1) is 22.0. The van der Waals surface area contributed by atoms with E-state index in [1.54, 1.807) is 7.11 Å². The van der Waals surface area contributed by atoms with Gasteiger partial charge in [-0.15, -0.1) is 0 Å². The third kappa shape index (κ3) is 5.93. The van der Waals surface area contributed by atoms with Gasteiger partial charge in [0.2, 0.25) is 0 Å². The summed E-state index contributed by atoms with van der Waals surface area (Å²) in [5.74, 6) is 3.15. The monoisotopic (exact) mass is 434 g/mol. The number of para-hydroxylation sites is 3. The Hall–Kier alpha value is -3.22. The minimum absolute atomic E-state index is 0.256. The second-order valence-corrected chi connectivity index (χ2v) is 7.81. The number of piperazine rings is 1. The number of aliphatic hydroxyl groups is 1. The molecule has 1 N–H and O–H groups in total. The van der Waals surface area contributed by atoms with Crippen LogP contribution in [-0.2, 0) is 0 Å². The first-order chi connectivity index (χ1) is 15.7. The second kappa shape index (κ2) is 10.9. The van der Waals surface area contributed by atoms with E-state index in [9.17, 15) is 5.11 Å². The molecule has 32 heavy (non-hydrogen) atoms. The molecule has 1 heterocycles. The average Bonchev–Trinajstić information content (AvgIpc) is 2.85. The van der Waals surface area contributed by atoms with Gasteiger partial charge in [0, 0.05) is 32.7 Å².